The minimum atomic E-state index is -0.123. The number of unbranched alkanes of at least 4 members (excludes halogenated alkanes) is 2. The minimum absolute atomic E-state index is 0.123. The summed E-state index contributed by atoms with van der Waals surface area (Å²) in [7, 11) is 0. The van der Waals surface area contributed by atoms with Gasteiger partial charge in [0.2, 0.25) is 0 Å². The number of benzene rings is 2. The van der Waals surface area contributed by atoms with Gasteiger partial charge in [-0.2, -0.15) is 0 Å². The first-order valence-electron chi connectivity index (χ1n) is 13.8. The minimum Gasteiger partial charge on any atom is -0.375 e. The molecule has 2 saturated heterocycles. The van der Waals surface area contributed by atoms with Gasteiger partial charge in [0, 0.05) is 0 Å². The molecule has 4 heteroatoms. The van der Waals surface area contributed by atoms with Crippen LogP contribution < -0.4 is 0 Å². The second-order valence-electron chi connectivity index (χ2n) is 10.8. The van der Waals surface area contributed by atoms with E-state index < -0.39 is 0 Å². The smallest absolute Gasteiger partial charge is 0.126 e. The Morgan fingerprint density at radius 1 is 0.600 bits per heavy atom. The first kappa shape index (κ1) is 26.3. The van der Waals surface area contributed by atoms with E-state index >= 15 is 0 Å². The van der Waals surface area contributed by atoms with E-state index in [1.807, 2.05) is 38.1 Å². The number of ether oxygens (including phenoxy) is 2. The van der Waals surface area contributed by atoms with Crippen molar-refractivity contribution in [3.8, 4) is 0 Å². The van der Waals surface area contributed by atoms with E-state index in [1.54, 1.807) is 12.1 Å². The number of rotatable bonds is 12. The van der Waals surface area contributed by atoms with E-state index in [-0.39, 0.29) is 11.6 Å². The molecule has 0 N–H and O–H groups in total. The van der Waals surface area contributed by atoms with Gasteiger partial charge >= 0.3 is 0 Å². The van der Waals surface area contributed by atoms with Crippen molar-refractivity contribution in [2.75, 3.05) is 0 Å². The fraction of sp³-hybridized carbons (Fsp3) is 0.613. The molecule has 0 spiro atoms. The fourth-order valence-electron chi connectivity index (χ4n) is 5.71. The molecule has 2 aromatic rings. The van der Waals surface area contributed by atoms with Crippen LogP contribution in [-0.2, 0) is 22.3 Å². The van der Waals surface area contributed by atoms with Crippen LogP contribution in [0.3, 0.4) is 0 Å². The third-order valence-corrected chi connectivity index (χ3v) is 7.90. The molecule has 192 valence electrons. The lowest BCUT2D eigenvalue weighted by atomic mass is 10.0. The molecule has 2 aromatic carbocycles. The summed E-state index contributed by atoms with van der Waals surface area (Å²) in [6.07, 6.45) is 16.2. The Bertz CT molecular complexity index is 868. The Labute approximate surface area is 210 Å². The van der Waals surface area contributed by atoms with Gasteiger partial charge in [-0.05, 0) is 112 Å². The zero-order valence-electron chi connectivity index (χ0n) is 21.5. The van der Waals surface area contributed by atoms with Crippen LogP contribution in [0.25, 0.3) is 0 Å². The van der Waals surface area contributed by atoms with Crippen LogP contribution in [0.15, 0.2) is 36.4 Å². The molecule has 0 aliphatic carbocycles. The largest absolute Gasteiger partial charge is 0.375 e. The van der Waals surface area contributed by atoms with Gasteiger partial charge in [-0.1, -0.05) is 43.5 Å². The Balaban J connectivity index is 1.03. The predicted molar refractivity (Wildman–Crippen MR) is 138 cm³/mol. The standard InChI is InChI=1S/C31H42F2O2/c1-22-20-24(10-18-30(22)32)8-12-28-16-14-26(34-28)6-4-3-5-7-27-15-17-29(35-27)13-9-25-11-19-31(33)23(2)21-25/h10-11,18-21,26-29H,3-9,12-17H2,1-2H3. The summed E-state index contributed by atoms with van der Waals surface area (Å²) in [6, 6.07) is 10.9. The molecule has 4 atom stereocenters. The second-order valence-corrected chi connectivity index (χ2v) is 10.8. The Morgan fingerprint density at radius 3 is 1.40 bits per heavy atom. The number of hydrogen-bond donors (Lipinski definition) is 0. The van der Waals surface area contributed by atoms with Crippen LogP contribution in [-0.4, -0.2) is 24.4 Å². The Kier molecular flexibility index (Phi) is 9.74. The number of hydrogen-bond acceptors (Lipinski definition) is 2. The van der Waals surface area contributed by atoms with Gasteiger partial charge in [0.05, 0.1) is 24.4 Å². The molecule has 0 amide bonds. The quantitative estimate of drug-likeness (QED) is 0.283. The predicted octanol–water partition coefficient (Wildman–Crippen LogP) is 8.19. The lowest BCUT2D eigenvalue weighted by Crippen LogP contribution is -2.12. The zero-order chi connectivity index (χ0) is 24.6. The van der Waals surface area contributed by atoms with Gasteiger partial charge in [0.15, 0.2) is 0 Å². The highest BCUT2D eigenvalue weighted by Crippen LogP contribution is 2.29. The summed E-state index contributed by atoms with van der Waals surface area (Å²) >= 11 is 0. The van der Waals surface area contributed by atoms with Crippen LogP contribution in [0.1, 0.15) is 92.9 Å². The van der Waals surface area contributed by atoms with Crippen LogP contribution in [0, 0.1) is 25.5 Å². The van der Waals surface area contributed by atoms with Crippen molar-refractivity contribution in [2.45, 2.75) is 122 Å². The molecule has 2 aliphatic rings. The lowest BCUT2D eigenvalue weighted by Gasteiger charge is -2.15. The van der Waals surface area contributed by atoms with Crippen LogP contribution >= 0.6 is 0 Å². The molecule has 2 heterocycles. The SMILES string of the molecule is Cc1cc(CCC2CCC(CCCCCC3CCC(CCc4ccc(F)c(C)c4)O3)O2)ccc1F. The molecule has 35 heavy (non-hydrogen) atoms. The molecule has 0 saturated carbocycles. The Hall–Kier alpha value is -1.78. The van der Waals surface area contributed by atoms with Gasteiger partial charge in [-0.25, -0.2) is 8.78 Å². The van der Waals surface area contributed by atoms with Gasteiger partial charge < -0.3 is 9.47 Å². The number of halogens is 2. The monoisotopic (exact) mass is 484 g/mol. The molecule has 0 aromatic heterocycles. The van der Waals surface area contributed by atoms with Crippen molar-refractivity contribution < 1.29 is 18.3 Å². The summed E-state index contributed by atoms with van der Waals surface area (Å²) in [5, 5.41) is 0. The van der Waals surface area contributed by atoms with E-state index in [0.717, 1.165) is 62.5 Å². The maximum Gasteiger partial charge on any atom is 0.126 e. The maximum atomic E-state index is 13.4. The maximum absolute atomic E-state index is 13.4. The van der Waals surface area contributed by atoms with Gasteiger partial charge in [-0.3, -0.25) is 0 Å². The summed E-state index contributed by atoms with van der Waals surface area (Å²) in [6.45, 7) is 3.66. The molecule has 0 radical (unpaired) electrons. The van der Waals surface area contributed by atoms with Crippen molar-refractivity contribution in [1.29, 1.82) is 0 Å². The molecule has 2 fully saturated rings. The van der Waals surface area contributed by atoms with E-state index in [9.17, 15) is 8.78 Å². The second kappa shape index (κ2) is 13.0. The summed E-state index contributed by atoms with van der Waals surface area (Å²) in [5.74, 6) is -0.246. The molecular formula is C31H42F2O2. The fourth-order valence-corrected chi connectivity index (χ4v) is 5.71. The van der Waals surface area contributed by atoms with Crippen LogP contribution in [0.5, 0.6) is 0 Å². The highest BCUT2D eigenvalue weighted by molar-refractivity contribution is 5.24. The molecule has 2 aliphatic heterocycles. The number of aryl methyl sites for hydroxylation is 4. The highest BCUT2D eigenvalue weighted by atomic mass is 19.1. The summed E-state index contributed by atoms with van der Waals surface area (Å²) < 4.78 is 39.5. The normalized spacial score (nSPS) is 24.3. The van der Waals surface area contributed by atoms with Gasteiger partial charge in [0.1, 0.15) is 11.6 Å². The van der Waals surface area contributed by atoms with E-state index in [0.29, 0.717) is 24.4 Å². The average Bonchev–Trinajstić information content (AvgIpc) is 3.50. The van der Waals surface area contributed by atoms with Gasteiger partial charge in [0.25, 0.3) is 0 Å². The topological polar surface area (TPSA) is 18.5 Å². The van der Waals surface area contributed by atoms with Crippen molar-refractivity contribution in [3.05, 3.63) is 70.3 Å². The average molecular weight is 485 g/mol. The van der Waals surface area contributed by atoms with Crippen LogP contribution in [0.2, 0.25) is 0 Å². The van der Waals surface area contributed by atoms with Crippen molar-refractivity contribution in [3.63, 3.8) is 0 Å². The molecule has 4 unspecified atom stereocenters. The van der Waals surface area contributed by atoms with E-state index in [1.165, 1.54) is 43.2 Å². The highest BCUT2D eigenvalue weighted by Gasteiger charge is 2.26. The van der Waals surface area contributed by atoms with Crippen LogP contribution in [0.4, 0.5) is 8.78 Å². The molecule has 4 rings (SSSR count). The first-order chi connectivity index (χ1) is 17.0. The molecule has 2 nitrogen and oxygen atoms in total. The van der Waals surface area contributed by atoms with E-state index in [4.69, 9.17) is 9.47 Å². The van der Waals surface area contributed by atoms with Crippen molar-refractivity contribution >= 4 is 0 Å². The summed E-state index contributed by atoms with van der Waals surface area (Å²) in [4.78, 5) is 0. The lowest BCUT2D eigenvalue weighted by molar-refractivity contribution is 0.0313. The Morgan fingerprint density at radius 2 is 1.00 bits per heavy atom. The first-order valence-corrected chi connectivity index (χ1v) is 13.8. The third kappa shape index (κ3) is 8.11. The van der Waals surface area contributed by atoms with Crippen molar-refractivity contribution in [2.24, 2.45) is 0 Å². The third-order valence-electron chi connectivity index (χ3n) is 7.90. The summed E-state index contributed by atoms with van der Waals surface area (Å²) in [5.41, 5.74) is 3.87. The zero-order valence-corrected chi connectivity index (χ0v) is 21.5. The van der Waals surface area contributed by atoms with Crippen molar-refractivity contribution in [1.82, 2.24) is 0 Å². The van der Waals surface area contributed by atoms with E-state index in [2.05, 4.69) is 0 Å². The molecule has 0 bridgehead atoms. The molecular weight excluding hydrogens is 442 g/mol. The van der Waals surface area contributed by atoms with Gasteiger partial charge in [-0.15, -0.1) is 0 Å².